The molecule has 1 saturated heterocycles. The zero-order chi connectivity index (χ0) is 25.1. The molecule has 0 saturated carbocycles. The van der Waals surface area contributed by atoms with Crippen molar-refractivity contribution in [1.82, 2.24) is 9.21 Å². The summed E-state index contributed by atoms with van der Waals surface area (Å²) in [6.45, 7) is 8.32. The normalized spacial score (nSPS) is 21.2. The Morgan fingerprint density at radius 1 is 0.861 bits per heavy atom. The van der Waals surface area contributed by atoms with Crippen LogP contribution in [-0.4, -0.2) is 49.5 Å². The molecular weight excluding hydrogens is 470 g/mol. The highest BCUT2D eigenvalue weighted by Gasteiger charge is 2.32. The third kappa shape index (κ3) is 5.81. The van der Waals surface area contributed by atoms with Gasteiger partial charge in [0, 0.05) is 45.0 Å². The largest absolute Gasteiger partial charge is 0.381 e. The quantitative estimate of drug-likeness (QED) is 0.506. The molecule has 2 heterocycles. The number of ether oxygens (including phenoxy) is 1. The van der Waals surface area contributed by atoms with E-state index < -0.39 is 10.0 Å². The lowest BCUT2D eigenvalue weighted by molar-refractivity contribution is -0.0440. The van der Waals surface area contributed by atoms with Crippen LogP contribution in [0.5, 0.6) is 0 Å². The first kappa shape index (κ1) is 25.0. The van der Waals surface area contributed by atoms with Crippen LogP contribution in [0.25, 0.3) is 0 Å². The summed E-state index contributed by atoms with van der Waals surface area (Å²) >= 11 is 0. The maximum absolute atomic E-state index is 13.1. The molecule has 36 heavy (non-hydrogen) atoms. The highest BCUT2D eigenvalue weighted by molar-refractivity contribution is 7.89. The van der Waals surface area contributed by atoms with Crippen LogP contribution < -0.4 is 5.32 Å². The van der Waals surface area contributed by atoms with Crippen molar-refractivity contribution in [3.63, 3.8) is 0 Å². The first-order valence-electron chi connectivity index (χ1n) is 12.7. The standard InChI is InChI=1S/C29H35N3O3S/c1-22-18-32(19-23(2)35-22)36(33,34)29-13-11-28(12-14-29)30-17-24-7-9-25(10-8-24)20-31-16-15-26-5-3-4-6-27(26)21-31/h3-14,22-23,30H,15-21H2,1-2H3. The second-order valence-electron chi connectivity index (χ2n) is 10.0. The monoisotopic (exact) mass is 505 g/mol. The maximum Gasteiger partial charge on any atom is 0.243 e. The van der Waals surface area contributed by atoms with Crippen LogP contribution in [0.15, 0.2) is 77.7 Å². The van der Waals surface area contributed by atoms with Crippen LogP contribution in [0.4, 0.5) is 5.69 Å². The van der Waals surface area contributed by atoms with E-state index in [2.05, 4.69) is 58.7 Å². The molecule has 0 aromatic heterocycles. The van der Waals surface area contributed by atoms with Gasteiger partial charge in [0.2, 0.25) is 10.0 Å². The Morgan fingerprint density at radius 2 is 1.50 bits per heavy atom. The van der Waals surface area contributed by atoms with Crippen LogP contribution in [0.2, 0.25) is 0 Å². The molecule has 2 aliphatic heterocycles. The Kier molecular flexibility index (Phi) is 7.44. The smallest absolute Gasteiger partial charge is 0.243 e. The zero-order valence-electron chi connectivity index (χ0n) is 21.1. The van der Waals surface area contributed by atoms with Crippen LogP contribution >= 0.6 is 0 Å². The van der Waals surface area contributed by atoms with Gasteiger partial charge in [0.15, 0.2) is 0 Å². The van der Waals surface area contributed by atoms with E-state index in [9.17, 15) is 8.42 Å². The van der Waals surface area contributed by atoms with Gasteiger partial charge in [0.25, 0.3) is 0 Å². The minimum absolute atomic E-state index is 0.104. The van der Waals surface area contributed by atoms with Gasteiger partial charge in [-0.15, -0.1) is 0 Å². The first-order valence-corrected chi connectivity index (χ1v) is 14.2. The van der Waals surface area contributed by atoms with Gasteiger partial charge < -0.3 is 10.1 Å². The van der Waals surface area contributed by atoms with Crippen LogP contribution in [0, 0.1) is 0 Å². The molecule has 0 radical (unpaired) electrons. The minimum atomic E-state index is -3.52. The Bertz CT molecular complexity index is 1270. The lowest BCUT2D eigenvalue weighted by Gasteiger charge is -2.34. The fourth-order valence-electron chi connectivity index (χ4n) is 5.13. The van der Waals surface area contributed by atoms with Gasteiger partial charge in [-0.25, -0.2) is 8.42 Å². The van der Waals surface area contributed by atoms with Gasteiger partial charge in [-0.3, -0.25) is 4.90 Å². The second-order valence-corrected chi connectivity index (χ2v) is 11.9. The molecule has 0 aliphatic carbocycles. The fourth-order valence-corrected chi connectivity index (χ4v) is 6.73. The van der Waals surface area contributed by atoms with Gasteiger partial charge in [-0.1, -0.05) is 48.5 Å². The molecule has 3 aromatic carbocycles. The van der Waals surface area contributed by atoms with E-state index in [1.54, 1.807) is 12.1 Å². The molecular formula is C29H35N3O3S. The summed E-state index contributed by atoms with van der Waals surface area (Å²) in [5.41, 5.74) is 6.33. The van der Waals surface area contributed by atoms with Crippen molar-refractivity contribution in [2.75, 3.05) is 25.0 Å². The van der Waals surface area contributed by atoms with Crippen molar-refractivity contribution in [3.8, 4) is 0 Å². The second kappa shape index (κ2) is 10.7. The Hall–Kier alpha value is -2.71. The molecule has 2 unspecified atom stereocenters. The van der Waals surface area contributed by atoms with E-state index in [0.29, 0.717) is 24.5 Å². The van der Waals surface area contributed by atoms with Gasteiger partial charge >= 0.3 is 0 Å². The summed E-state index contributed by atoms with van der Waals surface area (Å²) < 4.78 is 33.3. The molecule has 0 amide bonds. The fraction of sp³-hybridized carbons (Fsp3) is 0.379. The van der Waals surface area contributed by atoms with E-state index in [1.165, 1.54) is 26.6 Å². The number of rotatable bonds is 7. The number of anilines is 1. The SMILES string of the molecule is CC1CN(S(=O)(=O)c2ccc(NCc3ccc(CN4CCc5ccccc5C4)cc3)cc2)CC(C)O1. The lowest BCUT2D eigenvalue weighted by Crippen LogP contribution is -2.48. The Labute approximate surface area is 214 Å². The molecule has 7 heteroatoms. The number of hydrogen-bond donors (Lipinski definition) is 1. The molecule has 2 aliphatic rings. The highest BCUT2D eigenvalue weighted by atomic mass is 32.2. The predicted octanol–water partition coefficient (Wildman–Crippen LogP) is 4.65. The average Bonchev–Trinajstić information content (AvgIpc) is 2.88. The van der Waals surface area contributed by atoms with Crippen molar-refractivity contribution in [3.05, 3.63) is 95.1 Å². The van der Waals surface area contributed by atoms with Gasteiger partial charge in [-0.2, -0.15) is 4.31 Å². The van der Waals surface area contributed by atoms with Crippen molar-refractivity contribution in [1.29, 1.82) is 0 Å². The summed E-state index contributed by atoms with van der Waals surface area (Å²) in [6.07, 6.45) is 0.906. The number of nitrogens with zero attached hydrogens (tertiary/aromatic N) is 2. The molecule has 5 rings (SSSR count). The van der Waals surface area contributed by atoms with Crippen LogP contribution in [0.1, 0.15) is 36.1 Å². The summed E-state index contributed by atoms with van der Waals surface area (Å²) in [4.78, 5) is 2.82. The number of hydrogen-bond acceptors (Lipinski definition) is 5. The van der Waals surface area contributed by atoms with Crippen molar-refractivity contribution in [2.24, 2.45) is 0 Å². The molecule has 2 atom stereocenters. The summed E-state index contributed by atoms with van der Waals surface area (Å²) in [6, 6.07) is 24.5. The van der Waals surface area contributed by atoms with E-state index in [-0.39, 0.29) is 12.2 Å². The van der Waals surface area contributed by atoms with E-state index in [1.807, 2.05) is 26.0 Å². The first-order chi connectivity index (χ1) is 17.4. The van der Waals surface area contributed by atoms with Crippen molar-refractivity contribution >= 4 is 15.7 Å². The molecule has 1 N–H and O–H groups in total. The topological polar surface area (TPSA) is 61.9 Å². The summed E-state index contributed by atoms with van der Waals surface area (Å²) in [5, 5.41) is 3.41. The van der Waals surface area contributed by atoms with Crippen molar-refractivity contribution < 1.29 is 13.2 Å². The number of sulfonamides is 1. The van der Waals surface area contributed by atoms with Crippen molar-refractivity contribution in [2.45, 2.75) is 57.0 Å². The van der Waals surface area contributed by atoms with Gasteiger partial charge in [-0.05, 0) is 66.8 Å². The molecule has 0 bridgehead atoms. The summed E-state index contributed by atoms with van der Waals surface area (Å²) in [5.74, 6) is 0. The summed E-state index contributed by atoms with van der Waals surface area (Å²) in [7, 11) is -3.52. The van der Waals surface area contributed by atoms with Crippen LogP contribution in [-0.2, 0) is 40.8 Å². The van der Waals surface area contributed by atoms with E-state index >= 15 is 0 Å². The molecule has 190 valence electrons. The highest BCUT2D eigenvalue weighted by Crippen LogP contribution is 2.23. The number of fused-ring (bicyclic) bond motifs is 1. The zero-order valence-corrected chi connectivity index (χ0v) is 21.9. The van der Waals surface area contributed by atoms with Gasteiger partial charge in [0.05, 0.1) is 17.1 Å². The molecule has 3 aromatic rings. The molecule has 1 fully saturated rings. The molecule has 0 spiro atoms. The Morgan fingerprint density at radius 3 is 2.19 bits per heavy atom. The Balaban J connectivity index is 1.14. The number of morpholine rings is 1. The third-order valence-electron chi connectivity index (χ3n) is 7.01. The molecule has 6 nitrogen and oxygen atoms in total. The number of benzene rings is 3. The van der Waals surface area contributed by atoms with E-state index in [0.717, 1.165) is 31.7 Å². The van der Waals surface area contributed by atoms with Gasteiger partial charge in [0.1, 0.15) is 0 Å². The van der Waals surface area contributed by atoms with Crippen LogP contribution in [0.3, 0.4) is 0 Å². The lowest BCUT2D eigenvalue weighted by atomic mass is 9.99. The minimum Gasteiger partial charge on any atom is -0.381 e. The number of nitrogens with one attached hydrogen (secondary N) is 1. The predicted molar refractivity (Wildman–Crippen MR) is 143 cm³/mol. The van der Waals surface area contributed by atoms with E-state index in [4.69, 9.17) is 4.74 Å². The third-order valence-corrected chi connectivity index (χ3v) is 8.86. The maximum atomic E-state index is 13.1. The average molecular weight is 506 g/mol.